The Labute approximate surface area is 170 Å². The van der Waals surface area contributed by atoms with Gasteiger partial charge >= 0.3 is 0 Å². The van der Waals surface area contributed by atoms with E-state index in [9.17, 15) is 18.5 Å². The van der Waals surface area contributed by atoms with Crippen molar-refractivity contribution in [3.8, 4) is 6.07 Å². The summed E-state index contributed by atoms with van der Waals surface area (Å²) in [5, 5.41) is 17.1. The summed E-state index contributed by atoms with van der Waals surface area (Å²) in [5.41, 5.74) is 1.01. The van der Waals surface area contributed by atoms with Gasteiger partial charge in [-0.2, -0.15) is 10.4 Å². The first-order valence-corrected chi connectivity index (χ1v) is 11.8. The Hall–Kier alpha value is -1.85. The number of rotatable bonds is 4. The number of hydrogen-bond acceptors (Lipinski definition) is 5. The van der Waals surface area contributed by atoms with Crippen LogP contribution in [0.1, 0.15) is 56.3 Å². The summed E-state index contributed by atoms with van der Waals surface area (Å²) in [6.45, 7) is 3.84. The van der Waals surface area contributed by atoms with E-state index in [0.717, 1.165) is 19.3 Å². The van der Waals surface area contributed by atoms with Crippen LogP contribution < -0.4 is 5.32 Å². The molecule has 1 aromatic rings. The highest BCUT2D eigenvalue weighted by Crippen LogP contribution is 2.31. The average Bonchev–Trinajstić information content (AvgIpc) is 3.14. The van der Waals surface area contributed by atoms with Crippen molar-refractivity contribution in [3.05, 3.63) is 22.0 Å². The summed E-state index contributed by atoms with van der Waals surface area (Å²) in [6.07, 6.45) is 6.13. The van der Waals surface area contributed by atoms with Gasteiger partial charge in [0.15, 0.2) is 9.84 Å². The van der Waals surface area contributed by atoms with Crippen LogP contribution >= 0.6 is 11.6 Å². The van der Waals surface area contributed by atoms with Gasteiger partial charge in [-0.1, -0.05) is 31.4 Å². The van der Waals surface area contributed by atoms with Crippen LogP contribution in [0.25, 0.3) is 6.08 Å². The van der Waals surface area contributed by atoms with Gasteiger partial charge in [0, 0.05) is 11.6 Å². The van der Waals surface area contributed by atoms with Crippen LogP contribution in [0.2, 0.25) is 5.15 Å². The minimum absolute atomic E-state index is 0.00214. The topological polar surface area (TPSA) is 105 Å². The third-order valence-electron chi connectivity index (χ3n) is 5.71. The van der Waals surface area contributed by atoms with Crippen molar-refractivity contribution in [3.63, 3.8) is 0 Å². The number of hydrogen-bond donors (Lipinski definition) is 1. The molecule has 3 rings (SSSR count). The second-order valence-electron chi connectivity index (χ2n) is 7.80. The van der Waals surface area contributed by atoms with E-state index in [4.69, 9.17) is 11.6 Å². The van der Waals surface area contributed by atoms with E-state index in [2.05, 4.69) is 17.3 Å². The molecule has 152 valence electrons. The normalized spacial score (nSPS) is 27.4. The lowest BCUT2D eigenvalue weighted by Crippen LogP contribution is -2.41. The maximum absolute atomic E-state index is 12.6. The molecule has 3 atom stereocenters. The lowest BCUT2D eigenvalue weighted by Gasteiger charge is -2.29. The predicted molar refractivity (Wildman–Crippen MR) is 107 cm³/mol. The molecule has 1 aliphatic heterocycles. The van der Waals surface area contributed by atoms with E-state index in [1.165, 1.54) is 17.2 Å². The van der Waals surface area contributed by atoms with Crippen LogP contribution in [0.5, 0.6) is 0 Å². The van der Waals surface area contributed by atoms with Crippen LogP contribution in [-0.4, -0.2) is 41.7 Å². The van der Waals surface area contributed by atoms with Gasteiger partial charge in [-0.15, -0.1) is 0 Å². The summed E-state index contributed by atoms with van der Waals surface area (Å²) in [6, 6.07) is 1.71. The first kappa shape index (κ1) is 20.9. The quantitative estimate of drug-likeness (QED) is 0.591. The Kier molecular flexibility index (Phi) is 6.15. The Morgan fingerprint density at radius 1 is 1.36 bits per heavy atom. The fraction of sp³-hybridized carbons (Fsp3) is 0.632. The molecule has 0 bridgehead atoms. The Bertz CT molecular complexity index is 945. The number of carbonyl (C=O) groups is 1. The van der Waals surface area contributed by atoms with Crippen molar-refractivity contribution in [1.82, 2.24) is 15.1 Å². The van der Waals surface area contributed by atoms with Gasteiger partial charge in [0.05, 0.1) is 23.2 Å². The maximum atomic E-state index is 12.6. The zero-order valence-corrected chi connectivity index (χ0v) is 17.7. The largest absolute Gasteiger partial charge is 0.348 e. The smallest absolute Gasteiger partial charge is 0.262 e. The molecule has 2 heterocycles. The number of aromatic nitrogens is 2. The number of aryl methyl sites for hydroxylation is 1. The molecule has 1 saturated carbocycles. The summed E-state index contributed by atoms with van der Waals surface area (Å²) in [7, 11) is -3.08. The molecule has 9 heteroatoms. The van der Waals surface area contributed by atoms with Crippen molar-refractivity contribution < 1.29 is 13.2 Å². The van der Waals surface area contributed by atoms with Gasteiger partial charge in [0.25, 0.3) is 5.91 Å². The second-order valence-corrected chi connectivity index (χ2v) is 10.4. The third kappa shape index (κ3) is 4.41. The summed E-state index contributed by atoms with van der Waals surface area (Å²) >= 11 is 6.44. The average molecular weight is 425 g/mol. The van der Waals surface area contributed by atoms with Crippen molar-refractivity contribution in [2.24, 2.45) is 5.92 Å². The summed E-state index contributed by atoms with van der Waals surface area (Å²) in [4.78, 5) is 12.6. The van der Waals surface area contributed by atoms with E-state index in [-0.39, 0.29) is 34.3 Å². The monoisotopic (exact) mass is 424 g/mol. The fourth-order valence-corrected chi connectivity index (χ4v) is 6.04. The number of nitrogens with zero attached hydrogens (tertiary/aromatic N) is 3. The van der Waals surface area contributed by atoms with Crippen LogP contribution in [0.15, 0.2) is 5.57 Å². The van der Waals surface area contributed by atoms with Gasteiger partial charge in [0.2, 0.25) is 0 Å². The minimum atomic E-state index is -3.08. The standard InChI is InChI=1S/C19H25ClN4O3S/c1-12-5-3-4-6-17(12)22-19(25)14(10-21)9-16-13(2)23-24(18(16)20)15-7-8-28(26,27)11-15/h9,12,15,17H,3-8,11H2,1-2H3,(H,22,25)/b14-9+/t12-,15-,17-/m0/s1. The van der Waals surface area contributed by atoms with E-state index < -0.39 is 15.7 Å². The van der Waals surface area contributed by atoms with E-state index in [1.54, 1.807) is 6.92 Å². The van der Waals surface area contributed by atoms with Gasteiger partial charge in [-0.25, -0.2) is 13.1 Å². The summed E-state index contributed by atoms with van der Waals surface area (Å²) < 4.78 is 25.0. The van der Waals surface area contributed by atoms with E-state index >= 15 is 0 Å². The van der Waals surface area contributed by atoms with E-state index in [0.29, 0.717) is 23.6 Å². The highest BCUT2D eigenvalue weighted by molar-refractivity contribution is 7.91. The molecule has 1 saturated heterocycles. The van der Waals surface area contributed by atoms with Crippen LogP contribution in [0, 0.1) is 24.2 Å². The fourth-order valence-electron chi connectivity index (χ4n) is 3.98. The molecule has 1 amide bonds. The van der Waals surface area contributed by atoms with E-state index in [1.807, 2.05) is 6.07 Å². The zero-order valence-electron chi connectivity index (χ0n) is 16.1. The molecule has 1 N–H and O–H groups in total. The number of carbonyl (C=O) groups excluding carboxylic acids is 1. The molecular formula is C19H25ClN4O3S. The second kappa shape index (κ2) is 8.26. The first-order valence-electron chi connectivity index (χ1n) is 9.59. The van der Waals surface area contributed by atoms with Crippen LogP contribution in [0.4, 0.5) is 0 Å². The number of amides is 1. The van der Waals surface area contributed by atoms with Gasteiger partial charge in [-0.05, 0) is 38.2 Å². The van der Waals surface area contributed by atoms with Gasteiger partial charge in [0.1, 0.15) is 16.8 Å². The molecule has 7 nitrogen and oxygen atoms in total. The number of halogens is 1. The molecule has 0 aromatic carbocycles. The molecule has 0 spiro atoms. The van der Waals surface area contributed by atoms with Crippen molar-refractivity contribution in [2.75, 3.05) is 11.5 Å². The molecule has 2 fully saturated rings. The molecule has 2 aliphatic rings. The molecule has 1 aromatic heterocycles. The number of sulfone groups is 1. The van der Waals surface area contributed by atoms with Crippen LogP contribution in [0.3, 0.4) is 0 Å². The van der Waals surface area contributed by atoms with Crippen molar-refractivity contribution in [1.29, 1.82) is 5.26 Å². The number of nitriles is 1. The SMILES string of the molecule is Cc1nn([C@H]2CCS(=O)(=O)C2)c(Cl)c1/C=C(\C#N)C(=O)N[C@H]1CCCC[C@@H]1C. The zero-order chi connectivity index (χ0) is 20.5. The predicted octanol–water partition coefficient (Wildman–Crippen LogP) is 2.81. The third-order valence-corrected chi connectivity index (χ3v) is 7.83. The van der Waals surface area contributed by atoms with Gasteiger partial charge in [-0.3, -0.25) is 4.79 Å². The lowest BCUT2D eigenvalue weighted by molar-refractivity contribution is -0.118. The molecule has 28 heavy (non-hydrogen) atoms. The highest BCUT2D eigenvalue weighted by atomic mass is 35.5. The minimum Gasteiger partial charge on any atom is -0.348 e. The first-order chi connectivity index (χ1) is 13.2. The molecule has 1 aliphatic carbocycles. The maximum Gasteiger partial charge on any atom is 0.262 e. The molecule has 0 unspecified atom stereocenters. The van der Waals surface area contributed by atoms with Crippen molar-refractivity contribution in [2.45, 2.75) is 58.0 Å². The lowest BCUT2D eigenvalue weighted by atomic mass is 9.86. The highest BCUT2D eigenvalue weighted by Gasteiger charge is 2.32. The Morgan fingerprint density at radius 3 is 2.68 bits per heavy atom. The molecule has 0 radical (unpaired) electrons. The number of nitrogens with one attached hydrogen (secondary N) is 1. The summed E-state index contributed by atoms with van der Waals surface area (Å²) in [5.74, 6) is 0.0917. The van der Waals surface area contributed by atoms with Crippen LogP contribution in [-0.2, 0) is 14.6 Å². The van der Waals surface area contributed by atoms with Gasteiger partial charge < -0.3 is 5.32 Å². The Balaban J connectivity index is 1.82. The Morgan fingerprint density at radius 2 is 2.07 bits per heavy atom. The molecular weight excluding hydrogens is 400 g/mol. The van der Waals surface area contributed by atoms with Crippen molar-refractivity contribution >= 4 is 33.4 Å².